The van der Waals surface area contributed by atoms with Gasteiger partial charge < -0.3 is 0 Å². The van der Waals surface area contributed by atoms with Crippen LogP contribution in [-0.2, 0) is 0 Å². The summed E-state index contributed by atoms with van der Waals surface area (Å²) < 4.78 is 2.37. The zero-order chi connectivity index (χ0) is 13.3. The van der Waals surface area contributed by atoms with E-state index in [0.717, 1.165) is 26.2 Å². The van der Waals surface area contributed by atoms with Crippen molar-refractivity contribution in [3.05, 3.63) is 0 Å². The molecule has 0 fully saturated rings. The van der Waals surface area contributed by atoms with Gasteiger partial charge in [0.25, 0.3) is 0 Å². The van der Waals surface area contributed by atoms with Crippen LogP contribution in [0.15, 0.2) is 0 Å². The molecule has 0 bridgehead atoms. The predicted molar refractivity (Wildman–Crippen MR) is 76.8 cm³/mol. The van der Waals surface area contributed by atoms with Crippen LogP contribution >= 0.6 is 0 Å². The molecule has 3 heteroatoms. The summed E-state index contributed by atoms with van der Waals surface area (Å²) in [5.74, 6) is 1.40. The van der Waals surface area contributed by atoms with Gasteiger partial charge in [-0.15, -0.1) is 0 Å². The molecule has 3 nitrogen and oxygen atoms in total. The van der Waals surface area contributed by atoms with Crippen molar-refractivity contribution in [2.75, 3.05) is 39.8 Å². The zero-order valence-electron chi connectivity index (χ0n) is 12.8. The Balaban J connectivity index is 5.00. The third kappa shape index (κ3) is 4.97. The van der Waals surface area contributed by atoms with Crippen molar-refractivity contribution in [3.8, 4) is 0 Å². The van der Waals surface area contributed by atoms with E-state index in [-0.39, 0.29) is 0 Å². The Bertz CT molecular complexity index is 220. The average molecular weight is 242 g/mol. The average Bonchev–Trinajstić information content (AvgIpc) is 2.37. The van der Waals surface area contributed by atoms with E-state index in [1.165, 1.54) is 25.3 Å². The fraction of sp³-hybridized carbons (Fsp3) is 0.929. The van der Waals surface area contributed by atoms with Gasteiger partial charge in [0, 0.05) is 0 Å². The Morgan fingerprint density at radius 3 is 1.76 bits per heavy atom. The minimum Gasteiger partial charge on any atom is -0.268 e. The van der Waals surface area contributed by atoms with E-state index < -0.39 is 0 Å². The molecule has 17 heavy (non-hydrogen) atoms. The number of rotatable bonds is 7. The normalized spacial score (nSPS) is 12.4. The van der Waals surface area contributed by atoms with Crippen LogP contribution < -0.4 is 0 Å². The van der Waals surface area contributed by atoms with E-state index in [1.54, 1.807) is 0 Å². The van der Waals surface area contributed by atoms with Crippen LogP contribution in [0.2, 0.25) is 0 Å². The van der Waals surface area contributed by atoms with Crippen LogP contribution in [0, 0.1) is 0 Å². The zero-order valence-corrected chi connectivity index (χ0v) is 12.8. The molecule has 0 aromatic rings. The molecule has 0 radical (unpaired) electrons. The van der Waals surface area contributed by atoms with Crippen molar-refractivity contribution in [2.24, 2.45) is 0 Å². The van der Waals surface area contributed by atoms with Crippen molar-refractivity contribution >= 4 is 5.96 Å². The molecule has 0 spiro atoms. The van der Waals surface area contributed by atoms with Gasteiger partial charge in [0.15, 0.2) is 0 Å². The van der Waals surface area contributed by atoms with E-state index in [9.17, 15) is 0 Å². The highest BCUT2D eigenvalue weighted by Gasteiger charge is 2.24. The standard InChI is InChI=1S/C14H32N3/c1-7-12-13-17(11-5)14(15(6)8-2)16(9-3)10-4/h7-13H2,1-6H3/q+1. The molecule has 0 aliphatic carbocycles. The van der Waals surface area contributed by atoms with E-state index in [0.29, 0.717) is 0 Å². The van der Waals surface area contributed by atoms with Gasteiger partial charge >= 0.3 is 5.96 Å². The summed E-state index contributed by atoms with van der Waals surface area (Å²) in [7, 11) is 2.20. The second-order valence-electron chi connectivity index (χ2n) is 4.42. The molecule has 102 valence electrons. The van der Waals surface area contributed by atoms with E-state index in [2.05, 4.69) is 56.0 Å². The molecule has 0 amide bonds. The molecule has 0 N–H and O–H groups in total. The lowest BCUT2D eigenvalue weighted by Crippen LogP contribution is -2.49. The third-order valence-electron chi connectivity index (χ3n) is 3.31. The second-order valence-corrected chi connectivity index (χ2v) is 4.42. The maximum absolute atomic E-state index is 2.51. The summed E-state index contributed by atoms with van der Waals surface area (Å²) >= 11 is 0. The minimum absolute atomic E-state index is 1.06. The maximum atomic E-state index is 2.51. The number of hydrogen-bond acceptors (Lipinski definition) is 0. The quantitative estimate of drug-likeness (QED) is 0.385. The van der Waals surface area contributed by atoms with E-state index in [4.69, 9.17) is 0 Å². The summed E-state index contributed by atoms with van der Waals surface area (Å²) in [6.45, 7) is 16.7. The van der Waals surface area contributed by atoms with Gasteiger partial charge in [-0.3, -0.25) is 14.4 Å². The first-order valence-electron chi connectivity index (χ1n) is 7.23. The van der Waals surface area contributed by atoms with Crippen LogP contribution in [0.4, 0.5) is 0 Å². The molecule has 0 aromatic heterocycles. The maximum Gasteiger partial charge on any atom is 0.350 e. The van der Waals surface area contributed by atoms with E-state index >= 15 is 0 Å². The molecule has 0 unspecified atom stereocenters. The van der Waals surface area contributed by atoms with Crippen molar-refractivity contribution in [2.45, 2.75) is 47.5 Å². The fourth-order valence-electron chi connectivity index (χ4n) is 2.08. The topological polar surface area (TPSA) is 9.49 Å². The highest BCUT2D eigenvalue weighted by Crippen LogP contribution is 2.02. The molecule has 0 heterocycles. The van der Waals surface area contributed by atoms with Crippen LogP contribution in [0.3, 0.4) is 0 Å². The van der Waals surface area contributed by atoms with Crippen molar-refractivity contribution in [1.82, 2.24) is 9.80 Å². The Labute approximate surface area is 108 Å². The van der Waals surface area contributed by atoms with Gasteiger partial charge in [0.05, 0.1) is 39.8 Å². The molecule has 0 aromatic carbocycles. The van der Waals surface area contributed by atoms with Gasteiger partial charge in [0.2, 0.25) is 0 Å². The van der Waals surface area contributed by atoms with Crippen LogP contribution in [0.25, 0.3) is 0 Å². The first-order chi connectivity index (χ1) is 8.15. The number of nitrogens with zero attached hydrogens (tertiary/aromatic N) is 3. The van der Waals surface area contributed by atoms with Gasteiger partial charge in [0.1, 0.15) is 0 Å². The SMILES string of the molecule is CCCCN(CC)C(N(CC)CC)=[N+](C)CC. The largest absolute Gasteiger partial charge is 0.350 e. The second kappa shape index (κ2) is 9.32. The Morgan fingerprint density at radius 2 is 1.41 bits per heavy atom. The predicted octanol–water partition coefficient (Wildman–Crippen LogP) is 2.47. The minimum atomic E-state index is 1.06. The first kappa shape index (κ1) is 16.3. The lowest BCUT2D eigenvalue weighted by atomic mass is 10.3. The molecule has 0 atom stereocenters. The smallest absolute Gasteiger partial charge is 0.268 e. The van der Waals surface area contributed by atoms with Gasteiger partial charge in [-0.25, -0.2) is 0 Å². The highest BCUT2D eigenvalue weighted by atomic mass is 15.4. The molecule has 0 saturated heterocycles. The molecular weight excluding hydrogens is 210 g/mol. The summed E-state index contributed by atoms with van der Waals surface area (Å²) in [6, 6.07) is 0. The first-order valence-corrected chi connectivity index (χ1v) is 7.23. The lowest BCUT2D eigenvalue weighted by molar-refractivity contribution is -0.504. The third-order valence-corrected chi connectivity index (χ3v) is 3.31. The van der Waals surface area contributed by atoms with Gasteiger partial charge in [-0.05, 0) is 34.1 Å². The van der Waals surface area contributed by atoms with Crippen molar-refractivity contribution in [3.63, 3.8) is 0 Å². The molecular formula is C14H32N3+. The summed E-state index contributed by atoms with van der Waals surface area (Å²) in [6.07, 6.45) is 2.54. The number of guanidine groups is 1. The molecule has 0 aliphatic heterocycles. The highest BCUT2D eigenvalue weighted by molar-refractivity contribution is 5.75. The molecule has 0 aliphatic rings. The lowest BCUT2D eigenvalue weighted by Gasteiger charge is -2.27. The Kier molecular flexibility index (Phi) is 8.92. The van der Waals surface area contributed by atoms with Crippen LogP contribution in [-0.4, -0.2) is 60.1 Å². The molecule has 0 rings (SSSR count). The number of unbranched alkanes of at least 4 members (excludes halogenated alkanes) is 1. The monoisotopic (exact) mass is 242 g/mol. The van der Waals surface area contributed by atoms with Gasteiger partial charge in [-0.1, -0.05) is 13.3 Å². The summed E-state index contributed by atoms with van der Waals surface area (Å²) in [5, 5.41) is 0. The number of hydrogen-bond donors (Lipinski definition) is 0. The van der Waals surface area contributed by atoms with Crippen LogP contribution in [0.5, 0.6) is 0 Å². The van der Waals surface area contributed by atoms with Crippen LogP contribution in [0.1, 0.15) is 47.5 Å². The molecule has 0 saturated carbocycles. The fourth-order valence-corrected chi connectivity index (χ4v) is 2.08. The Morgan fingerprint density at radius 1 is 0.882 bits per heavy atom. The Hall–Kier alpha value is -0.730. The van der Waals surface area contributed by atoms with E-state index in [1.807, 2.05) is 0 Å². The summed E-state index contributed by atoms with van der Waals surface area (Å²) in [5.41, 5.74) is 0. The van der Waals surface area contributed by atoms with Crippen molar-refractivity contribution in [1.29, 1.82) is 0 Å². The van der Waals surface area contributed by atoms with Gasteiger partial charge in [-0.2, -0.15) is 0 Å². The van der Waals surface area contributed by atoms with Crippen molar-refractivity contribution < 1.29 is 4.58 Å². The summed E-state index contributed by atoms with van der Waals surface area (Å²) in [4.78, 5) is 4.97.